The lowest BCUT2D eigenvalue weighted by atomic mass is 10.3. The summed E-state index contributed by atoms with van der Waals surface area (Å²) in [7, 11) is -4.02. The number of H-pyrrole nitrogens is 1. The molecule has 2 N–H and O–H groups in total. The van der Waals surface area contributed by atoms with Gasteiger partial charge in [-0.05, 0) is 6.92 Å². The normalized spacial score (nSPS) is 11.5. The number of aromatic carboxylic acids is 1. The zero-order chi connectivity index (χ0) is 14.6. The van der Waals surface area contributed by atoms with E-state index in [1.807, 2.05) is 6.07 Å². The Hall–Kier alpha value is -1.92. The minimum absolute atomic E-state index is 0.000298. The fourth-order valence-electron chi connectivity index (χ4n) is 1.59. The number of carboxylic acids is 1. The molecule has 19 heavy (non-hydrogen) atoms. The lowest BCUT2D eigenvalue weighted by Crippen LogP contribution is -2.33. The standard InChI is InChI=1S/C10H14N4O4S/c1-3-14(6-4-5-11)19(17,18)9-8(10(15)16)7(2)12-13-9/h3-4,6H2,1-2H3,(H,12,13)(H,15,16). The molecule has 1 rings (SSSR count). The van der Waals surface area contributed by atoms with Gasteiger partial charge in [0.1, 0.15) is 5.56 Å². The average Bonchev–Trinajstić information content (AvgIpc) is 2.72. The third-order valence-corrected chi connectivity index (χ3v) is 4.44. The Balaban J connectivity index is 3.27. The molecule has 0 unspecified atom stereocenters. The van der Waals surface area contributed by atoms with Crippen LogP contribution in [-0.4, -0.2) is 47.1 Å². The number of sulfonamides is 1. The summed E-state index contributed by atoms with van der Waals surface area (Å²) in [5, 5.41) is 22.9. The molecule has 0 aliphatic heterocycles. The van der Waals surface area contributed by atoms with Crippen LogP contribution in [0.4, 0.5) is 0 Å². The van der Waals surface area contributed by atoms with Crippen molar-refractivity contribution in [2.75, 3.05) is 13.1 Å². The molecule has 104 valence electrons. The average molecular weight is 286 g/mol. The van der Waals surface area contributed by atoms with E-state index in [1.165, 1.54) is 6.92 Å². The van der Waals surface area contributed by atoms with E-state index in [9.17, 15) is 13.2 Å². The summed E-state index contributed by atoms with van der Waals surface area (Å²) in [6.45, 7) is 3.17. The van der Waals surface area contributed by atoms with E-state index in [0.717, 1.165) is 4.31 Å². The predicted octanol–water partition coefficient (Wildman–Crippen LogP) is 0.341. The van der Waals surface area contributed by atoms with Crippen LogP contribution in [-0.2, 0) is 10.0 Å². The van der Waals surface area contributed by atoms with Gasteiger partial charge in [-0.1, -0.05) is 6.92 Å². The molecule has 0 fully saturated rings. The van der Waals surface area contributed by atoms with Crippen molar-refractivity contribution in [3.05, 3.63) is 11.3 Å². The number of nitrogens with zero attached hydrogens (tertiary/aromatic N) is 3. The first-order valence-electron chi connectivity index (χ1n) is 5.51. The lowest BCUT2D eigenvalue weighted by molar-refractivity contribution is 0.0691. The van der Waals surface area contributed by atoms with E-state index >= 15 is 0 Å². The maximum atomic E-state index is 12.3. The highest BCUT2D eigenvalue weighted by Crippen LogP contribution is 2.20. The van der Waals surface area contributed by atoms with Crippen molar-refractivity contribution in [3.63, 3.8) is 0 Å². The number of aryl methyl sites for hydroxylation is 1. The molecule has 8 nitrogen and oxygen atoms in total. The van der Waals surface area contributed by atoms with Gasteiger partial charge in [0.2, 0.25) is 5.03 Å². The fourth-order valence-corrected chi connectivity index (χ4v) is 3.17. The number of hydrogen-bond donors (Lipinski definition) is 2. The summed E-state index contributed by atoms with van der Waals surface area (Å²) in [4.78, 5) is 11.1. The third kappa shape index (κ3) is 2.91. The van der Waals surface area contributed by atoms with Crippen LogP contribution in [0.3, 0.4) is 0 Å². The fraction of sp³-hybridized carbons (Fsp3) is 0.500. The molecule has 0 saturated heterocycles. The van der Waals surface area contributed by atoms with Crippen molar-refractivity contribution in [1.82, 2.24) is 14.5 Å². The highest BCUT2D eigenvalue weighted by Gasteiger charge is 2.32. The minimum Gasteiger partial charge on any atom is -0.478 e. The number of nitrogens with one attached hydrogen (secondary N) is 1. The molecule has 0 radical (unpaired) electrons. The molecule has 9 heteroatoms. The van der Waals surface area contributed by atoms with E-state index in [0.29, 0.717) is 0 Å². The van der Waals surface area contributed by atoms with E-state index < -0.39 is 21.0 Å². The Labute approximate surface area is 110 Å². The monoisotopic (exact) mass is 286 g/mol. The Morgan fingerprint density at radius 1 is 1.58 bits per heavy atom. The zero-order valence-electron chi connectivity index (χ0n) is 10.5. The SMILES string of the molecule is CCN(CCC#N)S(=O)(=O)c1n[nH]c(C)c1C(=O)O. The van der Waals surface area contributed by atoms with E-state index in [2.05, 4.69) is 10.2 Å². The van der Waals surface area contributed by atoms with Crippen molar-refractivity contribution < 1.29 is 18.3 Å². The molecule has 0 aliphatic rings. The predicted molar refractivity (Wildman–Crippen MR) is 64.9 cm³/mol. The van der Waals surface area contributed by atoms with Gasteiger partial charge in [-0.15, -0.1) is 0 Å². The van der Waals surface area contributed by atoms with Gasteiger partial charge in [0.05, 0.1) is 6.07 Å². The summed E-state index contributed by atoms with van der Waals surface area (Å²) in [5.74, 6) is -1.36. The first-order chi connectivity index (χ1) is 8.86. The zero-order valence-corrected chi connectivity index (χ0v) is 11.4. The summed E-state index contributed by atoms with van der Waals surface area (Å²) in [6, 6.07) is 1.85. The van der Waals surface area contributed by atoms with Gasteiger partial charge in [0.15, 0.2) is 0 Å². The molecule has 1 aromatic rings. The van der Waals surface area contributed by atoms with Gasteiger partial charge in [-0.3, -0.25) is 5.10 Å². The molecule has 0 amide bonds. The van der Waals surface area contributed by atoms with Gasteiger partial charge in [-0.25, -0.2) is 13.2 Å². The second-order valence-corrected chi connectivity index (χ2v) is 5.59. The summed E-state index contributed by atoms with van der Waals surface area (Å²) >= 11 is 0. The summed E-state index contributed by atoms with van der Waals surface area (Å²) < 4.78 is 25.6. The smallest absolute Gasteiger partial charge is 0.340 e. The van der Waals surface area contributed by atoms with Crippen LogP contribution < -0.4 is 0 Å². The first kappa shape index (κ1) is 15.1. The molecular formula is C10H14N4O4S. The molecule has 0 aliphatic carbocycles. The molecule has 0 saturated carbocycles. The minimum atomic E-state index is -4.02. The number of carbonyl (C=O) groups is 1. The number of rotatable bonds is 6. The number of nitriles is 1. The second-order valence-electron chi connectivity index (χ2n) is 3.74. The van der Waals surface area contributed by atoms with Crippen LogP contribution >= 0.6 is 0 Å². The van der Waals surface area contributed by atoms with Crippen LogP contribution in [0.15, 0.2) is 5.03 Å². The van der Waals surface area contributed by atoms with Gasteiger partial charge < -0.3 is 5.11 Å². The quantitative estimate of drug-likeness (QED) is 0.776. The van der Waals surface area contributed by atoms with Crippen LogP contribution in [0.25, 0.3) is 0 Å². The second kappa shape index (κ2) is 5.81. The summed E-state index contributed by atoms with van der Waals surface area (Å²) in [5.41, 5.74) is -0.196. The number of carboxylic acid groups (broad SMARTS) is 1. The van der Waals surface area contributed by atoms with E-state index in [-0.39, 0.29) is 30.8 Å². The molecular weight excluding hydrogens is 272 g/mol. The number of aromatic amines is 1. The van der Waals surface area contributed by atoms with Crippen molar-refractivity contribution in [1.29, 1.82) is 5.26 Å². The van der Waals surface area contributed by atoms with E-state index in [4.69, 9.17) is 10.4 Å². The molecule has 1 heterocycles. The highest BCUT2D eigenvalue weighted by atomic mass is 32.2. The molecule has 0 bridgehead atoms. The van der Waals surface area contributed by atoms with Crippen LogP contribution in [0.5, 0.6) is 0 Å². The van der Waals surface area contributed by atoms with Crippen LogP contribution in [0.1, 0.15) is 29.4 Å². The Kier molecular flexibility index (Phi) is 4.63. The van der Waals surface area contributed by atoms with Gasteiger partial charge in [0.25, 0.3) is 10.0 Å². The van der Waals surface area contributed by atoms with Crippen molar-refractivity contribution in [3.8, 4) is 6.07 Å². The molecule has 0 atom stereocenters. The van der Waals surface area contributed by atoms with Gasteiger partial charge in [-0.2, -0.15) is 14.7 Å². The Morgan fingerprint density at radius 2 is 2.21 bits per heavy atom. The third-order valence-electron chi connectivity index (χ3n) is 2.54. The van der Waals surface area contributed by atoms with Gasteiger partial charge >= 0.3 is 5.97 Å². The van der Waals surface area contributed by atoms with E-state index in [1.54, 1.807) is 6.92 Å². The Bertz CT molecular complexity index is 614. The lowest BCUT2D eigenvalue weighted by Gasteiger charge is -2.17. The van der Waals surface area contributed by atoms with Crippen molar-refractivity contribution in [2.24, 2.45) is 0 Å². The largest absolute Gasteiger partial charge is 0.478 e. The highest BCUT2D eigenvalue weighted by molar-refractivity contribution is 7.89. The number of hydrogen-bond acceptors (Lipinski definition) is 5. The Morgan fingerprint density at radius 3 is 2.68 bits per heavy atom. The molecule has 0 aromatic carbocycles. The first-order valence-corrected chi connectivity index (χ1v) is 6.95. The maximum absolute atomic E-state index is 12.3. The van der Waals surface area contributed by atoms with Crippen LogP contribution in [0.2, 0.25) is 0 Å². The van der Waals surface area contributed by atoms with Crippen molar-refractivity contribution >= 4 is 16.0 Å². The van der Waals surface area contributed by atoms with Crippen molar-refractivity contribution in [2.45, 2.75) is 25.3 Å². The summed E-state index contributed by atoms with van der Waals surface area (Å²) in [6.07, 6.45) is 0.0267. The number of aromatic nitrogens is 2. The molecule has 0 spiro atoms. The van der Waals surface area contributed by atoms with Gasteiger partial charge in [0, 0.05) is 25.2 Å². The molecule has 1 aromatic heterocycles. The maximum Gasteiger partial charge on any atom is 0.340 e. The van der Waals surface area contributed by atoms with Crippen LogP contribution in [0, 0.1) is 18.3 Å². The topological polar surface area (TPSA) is 127 Å².